The van der Waals surface area contributed by atoms with Crippen LogP contribution in [0.4, 0.5) is 0 Å². The number of hydrazine groups is 1. The Kier molecular flexibility index (Phi) is 7.75. The predicted octanol–water partition coefficient (Wildman–Crippen LogP) is 4.29. The van der Waals surface area contributed by atoms with Crippen LogP contribution in [0.25, 0.3) is 0 Å². The Labute approximate surface area is 194 Å². The van der Waals surface area contributed by atoms with E-state index in [1.165, 1.54) is 0 Å². The third-order valence-corrected chi connectivity index (χ3v) is 5.37. The van der Waals surface area contributed by atoms with E-state index in [-0.39, 0.29) is 11.0 Å². The second-order valence-electron chi connectivity index (χ2n) is 6.62. The fourth-order valence-corrected chi connectivity index (χ4v) is 3.09. The van der Waals surface area contributed by atoms with Crippen LogP contribution in [0.3, 0.4) is 0 Å². The third kappa shape index (κ3) is 6.63. The lowest BCUT2D eigenvalue weighted by atomic mass is 10.1. The Balaban J connectivity index is 1.46. The SMILES string of the molecule is Cc1ccc(C(=O)NC(=S)NNC(=O)c2ccc(OCc3ccccc3)cc2)cc1Br. The van der Waals surface area contributed by atoms with Gasteiger partial charge in [0.2, 0.25) is 0 Å². The summed E-state index contributed by atoms with van der Waals surface area (Å²) in [4.78, 5) is 24.5. The number of carbonyl (C=O) groups is 2. The molecule has 158 valence electrons. The van der Waals surface area contributed by atoms with Gasteiger partial charge in [-0.1, -0.05) is 52.3 Å². The second kappa shape index (κ2) is 10.7. The van der Waals surface area contributed by atoms with E-state index in [0.717, 1.165) is 15.6 Å². The Morgan fingerprint density at radius 1 is 0.903 bits per heavy atom. The highest BCUT2D eigenvalue weighted by atomic mass is 79.9. The average molecular weight is 498 g/mol. The maximum Gasteiger partial charge on any atom is 0.269 e. The second-order valence-corrected chi connectivity index (χ2v) is 7.89. The summed E-state index contributed by atoms with van der Waals surface area (Å²) in [5, 5.41) is 2.50. The van der Waals surface area contributed by atoms with Crippen molar-refractivity contribution in [1.82, 2.24) is 16.2 Å². The number of benzene rings is 3. The monoisotopic (exact) mass is 497 g/mol. The van der Waals surface area contributed by atoms with Gasteiger partial charge in [-0.2, -0.15) is 0 Å². The molecular weight excluding hydrogens is 478 g/mol. The first kappa shape index (κ1) is 22.5. The van der Waals surface area contributed by atoms with E-state index in [1.807, 2.05) is 43.3 Å². The molecule has 8 heteroatoms. The number of halogens is 1. The maximum absolute atomic E-state index is 12.3. The van der Waals surface area contributed by atoms with Gasteiger partial charge in [-0.05, 0) is 66.7 Å². The molecule has 0 atom stereocenters. The molecule has 0 fully saturated rings. The maximum atomic E-state index is 12.3. The molecule has 3 aromatic rings. The van der Waals surface area contributed by atoms with Crippen molar-refractivity contribution in [2.45, 2.75) is 13.5 Å². The lowest BCUT2D eigenvalue weighted by Gasteiger charge is -2.12. The van der Waals surface area contributed by atoms with Crippen LogP contribution in [0, 0.1) is 6.92 Å². The van der Waals surface area contributed by atoms with Gasteiger partial charge in [-0.15, -0.1) is 0 Å². The minimum Gasteiger partial charge on any atom is -0.489 e. The first-order valence-corrected chi connectivity index (χ1v) is 10.6. The van der Waals surface area contributed by atoms with Crippen molar-refractivity contribution in [1.29, 1.82) is 0 Å². The molecule has 0 aliphatic rings. The van der Waals surface area contributed by atoms with Gasteiger partial charge in [0, 0.05) is 15.6 Å². The summed E-state index contributed by atoms with van der Waals surface area (Å²) in [5.74, 6) is -0.128. The predicted molar refractivity (Wildman–Crippen MR) is 127 cm³/mol. The summed E-state index contributed by atoms with van der Waals surface area (Å²) in [6, 6.07) is 21.7. The number of carbonyl (C=O) groups excluding carboxylic acids is 2. The summed E-state index contributed by atoms with van der Waals surface area (Å²) in [6.07, 6.45) is 0. The highest BCUT2D eigenvalue weighted by Gasteiger charge is 2.11. The van der Waals surface area contributed by atoms with E-state index in [9.17, 15) is 9.59 Å². The third-order valence-electron chi connectivity index (χ3n) is 4.32. The van der Waals surface area contributed by atoms with Gasteiger partial charge in [0.1, 0.15) is 12.4 Å². The number of hydrogen-bond donors (Lipinski definition) is 3. The molecule has 0 spiro atoms. The lowest BCUT2D eigenvalue weighted by Crippen LogP contribution is -2.48. The van der Waals surface area contributed by atoms with E-state index in [0.29, 0.717) is 23.5 Å². The molecule has 0 aliphatic carbocycles. The zero-order valence-corrected chi connectivity index (χ0v) is 19.0. The molecule has 0 unspecified atom stereocenters. The molecule has 0 aromatic heterocycles. The molecular formula is C23H20BrN3O3S. The Hall–Kier alpha value is -3.23. The molecule has 0 aliphatic heterocycles. The number of rotatable bonds is 5. The van der Waals surface area contributed by atoms with Crippen LogP contribution in [-0.4, -0.2) is 16.9 Å². The van der Waals surface area contributed by atoms with Crippen molar-refractivity contribution >= 4 is 45.1 Å². The largest absolute Gasteiger partial charge is 0.489 e. The summed E-state index contributed by atoms with van der Waals surface area (Å²) in [6.45, 7) is 2.37. The van der Waals surface area contributed by atoms with Gasteiger partial charge >= 0.3 is 0 Å². The number of ether oxygens (including phenoxy) is 1. The van der Waals surface area contributed by atoms with Crippen LogP contribution >= 0.6 is 28.1 Å². The van der Waals surface area contributed by atoms with Crippen LogP contribution in [0.15, 0.2) is 77.3 Å². The normalized spacial score (nSPS) is 10.1. The van der Waals surface area contributed by atoms with Crippen molar-refractivity contribution in [3.63, 3.8) is 0 Å². The molecule has 6 nitrogen and oxygen atoms in total. The number of amides is 2. The molecule has 0 saturated heterocycles. The van der Waals surface area contributed by atoms with Crippen molar-refractivity contribution < 1.29 is 14.3 Å². The van der Waals surface area contributed by atoms with E-state index < -0.39 is 5.91 Å². The molecule has 0 bridgehead atoms. The highest BCUT2D eigenvalue weighted by Crippen LogP contribution is 2.17. The fraction of sp³-hybridized carbons (Fsp3) is 0.0870. The summed E-state index contributed by atoms with van der Waals surface area (Å²) in [7, 11) is 0. The molecule has 3 aromatic carbocycles. The molecule has 0 radical (unpaired) electrons. The minimum absolute atomic E-state index is 0.0159. The van der Waals surface area contributed by atoms with E-state index in [2.05, 4.69) is 32.1 Å². The van der Waals surface area contributed by atoms with Gasteiger partial charge in [0.15, 0.2) is 5.11 Å². The summed E-state index contributed by atoms with van der Waals surface area (Å²) in [5.41, 5.74) is 7.91. The van der Waals surface area contributed by atoms with Gasteiger partial charge in [0.25, 0.3) is 11.8 Å². The summed E-state index contributed by atoms with van der Waals surface area (Å²) >= 11 is 8.46. The number of thiocarbonyl (C=S) groups is 1. The van der Waals surface area contributed by atoms with Gasteiger partial charge in [-0.3, -0.25) is 25.8 Å². The van der Waals surface area contributed by atoms with Crippen molar-refractivity contribution in [2.24, 2.45) is 0 Å². The zero-order chi connectivity index (χ0) is 22.2. The van der Waals surface area contributed by atoms with E-state index in [4.69, 9.17) is 17.0 Å². The molecule has 3 rings (SSSR count). The van der Waals surface area contributed by atoms with Gasteiger partial charge in [-0.25, -0.2) is 0 Å². The first-order chi connectivity index (χ1) is 14.9. The minimum atomic E-state index is -0.399. The Morgan fingerprint density at radius 2 is 1.58 bits per heavy atom. The zero-order valence-electron chi connectivity index (χ0n) is 16.6. The first-order valence-electron chi connectivity index (χ1n) is 9.37. The Bertz CT molecular complexity index is 1090. The number of nitrogens with one attached hydrogen (secondary N) is 3. The molecule has 31 heavy (non-hydrogen) atoms. The lowest BCUT2D eigenvalue weighted by molar-refractivity contribution is 0.0934. The van der Waals surface area contributed by atoms with Gasteiger partial charge in [0.05, 0.1) is 0 Å². The Morgan fingerprint density at radius 3 is 2.26 bits per heavy atom. The van der Waals surface area contributed by atoms with Crippen LogP contribution in [0.1, 0.15) is 31.8 Å². The number of hydrogen-bond acceptors (Lipinski definition) is 4. The van der Waals surface area contributed by atoms with Crippen molar-refractivity contribution in [3.05, 3.63) is 99.5 Å². The van der Waals surface area contributed by atoms with Crippen LogP contribution in [-0.2, 0) is 6.61 Å². The molecule has 3 N–H and O–H groups in total. The standard InChI is InChI=1S/C23H20BrN3O3S/c1-15-7-8-18(13-20(15)24)21(28)25-23(31)27-26-22(29)17-9-11-19(12-10-17)30-14-16-5-3-2-4-6-16/h2-13H,14H2,1H3,(H,26,29)(H2,25,27,28,31). The van der Waals surface area contributed by atoms with E-state index >= 15 is 0 Å². The topological polar surface area (TPSA) is 79.5 Å². The van der Waals surface area contributed by atoms with Crippen LogP contribution in [0.5, 0.6) is 5.75 Å². The highest BCUT2D eigenvalue weighted by molar-refractivity contribution is 9.10. The quantitative estimate of drug-likeness (QED) is 0.362. The van der Waals surface area contributed by atoms with Gasteiger partial charge < -0.3 is 4.74 Å². The fourth-order valence-electron chi connectivity index (χ4n) is 2.57. The van der Waals surface area contributed by atoms with Crippen LogP contribution in [0.2, 0.25) is 0 Å². The molecule has 0 heterocycles. The van der Waals surface area contributed by atoms with Crippen LogP contribution < -0.4 is 20.9 Å². The van der Waals surface area contributed by atoms with Crippen molar-refractivity contribution in [2.75, 3.05) is 0 Å². The molecule has 0 saturated carbocycles. The number of aryl methyl sites for hydroxylation is 1. The summed E-state index contributed by atoms with van der Waals surface area (Å²) < 4.78 is 6.53. The molecule has 2 amide bonds. The average Bonchev–Trinajstić information content (AvgIpc) is 2.79. The smallest absolute Gasteiger partial charge is 0.269 e. The van der Waals surface area contributed by atoms with Crippen molar-refractivity contribution in [3.8, 4) is 5.75 Å². The van der Waals surface area contributed by atoms with E-state index in [1.54, 1.807) is 36.4 Å².